The second-order valence-corrected chi connectivity index (χ2v) is 4.79. The standard InChI is InChI=1S/C11H14N4S/c12-7-8-10(9-3-1-6-16-9)14-11-13-4-2-5-15(8)11/h1,3,6H,2,4-5,7,12H2,(H,13,14). The van der Waals surface area contributed by atoms with E-state index in [0.717, 1.165) is 36.8 Å². The van der Waals surface area contributed by atoms with Gasteiger partial charge < -0.3 is 15.6 Å². The zero-order valence-electron chi connectivity index (χ0n) is 8.94. The van der Waals surface area contributed by atoms with Gasteiger partial charge in [0.1, 0.15) is 5.69 Å². The van der Waals surface area contributed by atoms with E-state index in [-0.39, 0.29) is 0 Å². The second-order valence-electron chi connectivity index (χ2n) is 3.84. The van der Waals surface area contributed by atoms with Crippen molar-refractivity contribution in [3.8, 4) is 10.6 Å². The van der Waals surface area contributed by atoms with E-state index in [1.165, 1.54) is 4.88 Å². The predicted octanol–water partition coefficient (Wildman–Crippen LogP) is 1.89. The quantitative estimate of drug-likeness (QED) is 0.834. The zero-order valence-corrected chi connectivity index (χ0v) is 9.76. The Labute approximate surface area is 98.1 Å². The molecule has 84 valence electrons. The highest BCUT2D eigenvalue weighted by atomic mass is 32.1. The van der Waals surface area contributed by atoms with Gasteiger partial charge in [-0.05, 0) is 17.9 Å². The van der Waals surface area contributed by atoms with Crippen LogP contribution >= 0.6 is 11.3 Å². The lowest BCUT2D eigenvalue weighted by molar-refractivity contribution is 0.604. The molecular formula is C11H14N4S. The minimum atomic E-state index is 0.544. The number of hydrogen-bond donors (Lipinski definition) is 2. The molecule has 2 aromatic heterocycles. The first-order chi connectivity index (χ1) is 7.90. The van der Waals surface area contributed by atoms with E-state index in [1.807, 2.05) is 6.07 Å². The van der Waals surface area contributed by atoms with Crippen molar-refractivity contribution in [3.05, 3.63) is 23.2 Å². The summed E-state index contributed by atoms with van der Waals surface area (Å²) in [6, 6.07) is 4.14. The van der Waals surface area contributed by atoms with Crippen molar-refractivity contribution in [3.63, 3.8) is 0 Å². The fraction of sp³-hybridized carbons (Fsp3) is 0.364. The molecule has 0 unspecified atom stereocenters. The molecule has 1 aliphatic heterocycles. The molecule has 3 heterocycles. The number of hydrogen-bond acceptors (Lipinski definition) is 4. The average molecular weight is 234 g/mol. The van der Waals surface area contributed by atoms with E-state index in [2.05, 4.69) is 26.3 Å². The highest BCUT2D eigenvalue weighted by molar-refractivity contribution is 7.13. The van der Waals surface area contributed by atoms with Gasteiger partial charge in [-0.1, -0.05) is 6.07 Å². The fourth-order valence-electron chi connectivity index (χ4n) is 2.12. The van der Waals surface area contributed by atoms with Crippen molar-refractivity contribution in [2.24, 2.45) is 5.73 Å². The van der Waals surface area contributed by atoms with Gasteiger partial charge in [0.05, 0.1) is 10.6 Å². The maximum Gasteiger partial charge on any atom is 0.203 e. The van der Waals surface area contributed by atoms with Gasteiger partial charge in [0.25, 0.3) is 0 Å². The number of nitrogens with two attached hydrogens (primary N) is 1. The Hall–Kier alpha value is -1.33. The Kier molecular flexibility index (Phi) is 2.41. The van der Waals surface area contributed by atoms with Crippen LogP contribution < -0.4 is 11.1 Å². The molecule has 0 bridgehead atoms. The van der Waals surface area contributed by atoms with Crippen molar-refractivity contribution < 1.29 is 0 Å². The van der Waals surface area contributed by atoms with Crippen molar-refractivity contribution in [1.29, 1.82) is 0 Å². The van der Waals surface area contributed by atoms with Gasteiger partial charge in [0, 0.05) is 19.6 Å². The predicted molar refractivity (Wildman–Crippen MR) is 66.5 cm³/mol. The molecule has 0 saturated carbocycles. The van der Waals surface area contributed by atoms with Crippen molar-refractivity contribution in [2.45, 2.75) is 19.5 Å². The molecule has 0 aliphatic carbocycles. The zero-order chi connectivity index (χ0) is 11.0. The lowest BCUT2D eigenvalue weighted by Crippen LogP contribution is -2.19. The number of anilines is 1. The van der Waals surface area contributed by atoms with Crippen LogP contribution in [0.25, 0.3) is 10.6 Å². The van der Waals surface area contributed by atoms with E-state index in [4.69, 9.17) is 5.73 Å². The largest absolute Gasteiger partial charge is 0.356 e. The van der Waals surface area contributed by atoms with Crippen LogP contribution in [0.2, 0.25) is 0 Å². The number of thiophene rings is 1. The van der Waals surface area contributed by atoms with Crippen molar-refractivity contribution >= 4 is 17.3 Å². The Morgan fingerprint density at radius 2 is 2.50 bits per heavy atom. The van der Waals surface area contributed by atoms with Gasteiger partial charge in [-0.2, -0.15) is 0 Å². The summed E-state index contributed by atoms with van der Waals surface area (Å²) in [6.07, 6.45) is 1.14. The third-order valence-corrected chi connectivity index (χ3v) is 3.74. The maximum atomic E-state index is 5.84. The van der Waals surface area contributed by atoms with Gasteiger partial charge in [-0.3, -0.25) is 0 Å². The molecule has 5 heteroatoms. The molecule has 3 rings (SSSR count). The van der Waals surface area contributed by atoms with Gasteiger partial charge >= 0.3 is 0 Å². The van der Waals surface area contributed by atoms with Gasteiger partial charge in [0.2, 0.25) is 5.95 Å². The number of aromatic nitrogens is 2. The van der Waals surface area contributed by atoms with Crippen LogP contribution in [0.5, 0.6) is 0 Å². The van der Waals surface area contributed by atoms with E-state index in [1.54, 1.807) is 11.3 Å². The summed E-state index contributed by atoms with van der Waals surface area (Å²) in [7, 11) is 0. The monoisotopic (exact) mass is 234 g/mol. The van der Waals surface area contributed by atoms with Gasteiger partial charge in [-0.25, -0.2) is 4.98 Å². The lowest BCUT2D eigenvalue weighted by Gasteiger charge is -2.17. The van der Waals surface area contributed by atoms with Crippen molar-refractivity contribution in [1.82, 2.24) is 9.55 Å². The van der Waals surface area contributed by atoms with E-state index < -0.39 is 0 Å². The van der Waals surface area contributed by atoms with Crippen LogP contribution in [0.3, 0.4) is 0 Å². The molecule has 0 fully saturated rings. The Balaban J connectivity index is 2.14. The van der Waals surface area contributed by atoms with E-state index in [9.17, 15) is 0 Å². The van der Waals surface area contributed by atoms with Crippen LogP contribution in [-0.4, -0.2) is 16.1 Å². The number of rotatable bonds is 2. The van der Waals surface area contributed by atoms with E-state index in [0.29, 0.717) is 6.54 Å². The summed E-state index contributed by atoms with van der Waals surface area (Å²) in [6.45, 7) is 2.57. The summed E-state index contributed by atoms with van der Waals surface area (Å²) >= 11 is 1.71. The molecule has 1 aliphatic rings. The minimum Gasteiger partial charge on any atom is -0.356 e. The second kappa shape index (κ2) is 3.92. The topological polar surface area (TPSA) is 55.9 Å². The highest BCUT2D eigenvalue weighted by Crippen LogP contribution is 2.30. The third kappa shape index (κ3) is 1.44. The number of nitrogens with one attached hydrogen (secondary N) is 1. The molecule has 0 amide bonds. The summed E-state index contributed by atoms with van der Waals surface area (Å²) in [5, 5.41) is 5.39. The SMILES string of the molecule is NCc1c(-c2cccs2)nc2n1CCCN2. The molecule has 4 nitrogen and oxygen atoms in total. The average Bonchev–Trinajstić information content (AvgIpc) is 2.95. The van der Waals surface area contributed by atoms with Crippen molar-refractivity contribution in [2.75, 3.05) is 11.9 Å². The highest BCUT2D eigenvalue weighted by Gasteiger charge is 2.19. The Bertz CT molecular complexity index is 486. The van der Waals surface area contributed by atoms with Crippen LogP contribution in [-0.2, 0) is 13.1 Å². The fourth-order valence-corrected chi connectivity index (χ4v) is 2.85. The van der Waals surface area contributed by atoms with Gasteiger partial charge in [0.15, 0.2) is 0 Å². The molecule has 16 heavy (non-hydrogen) atoms. The summed E-state index contributed by atoms with van der Waals surface area (Å²) in [5.74, 6) is 0.968. The summed E-state index contributed by atoms with van der Waals surface area (Å²) < 4.78 is 2.21. The first-order valence-corrected chi connectivity index (χ1v) is 6.35. The third-order valence-electron chi connectivity index (χ3n) is 2.86. The van der Waals surface area contributed by atoms with Crippen LogP contribution in [0.1, 0.15) is 12.1 Å². The van der Waals surface area contributed by atoms with Crippen LogP contribution in [0.4, 0.5) is 5.95 Å². The minimum absolute atomic E-state index is 0.544. The lowest BCUT2D eigenvalue weighted by atomic mass is 10.2. The number of imidazole rings is 1. The molecule has 2 aromatic rings. The maximum absolute atomic E-state index is 5.84. The molecule has 0 saturated heterocycles. The first kappa shape index (κ1) is 9.86. The summed E-state index contributed by atoms with van der Waals surface area (Å²) in [5.41, 5.74) is 8.03. The Morgan fingerprint density at radius 1 is 1.56 bits per heavy atom. The number of nitrogens with zero attached hydrogens (tertiary/aromatic N) is 2. The molecule has 0 atom stereocenters. The number of fused-ring (bicyclic) bond motifs is 1. The molecule has 0 spiro atoms. The van der Waals surface area contributed by atoms with Gasteiger partial charge in [-0.15, -0.1) is 11.3 Å². The Morgan fingerprint density at radius 3 is 3.25 bits per heavy atom. The summed E-state index contributed by atoms with van der Waals surface area (Å²) in [4.78, 5) is 5.84. The van der Waals surface area contributed by atoms with E-state index >= 15 is 0 Å². The van der Waals surface area contributed by atoms with Crippen LogP contribution in [0.15, 0.2) is 17.5 Å². The molecular weight excluding hydrogens is 220 g/mol. The molecule has 0 aromatic carbocycles. The smallest absolute Gasteiger partial charge is 0.203 e. The molecule has 3 N–H and O–H groups in total. The molecule has 0 radical (unpaired) electrons. The first-order valence-electron chi connectivity index (χ1n) is 5.47. The normalized spacial score (nSPS) is 14.6. The van der Waals surface area contributed by atoms with Crippen LogP contribution in [0, 0.1) is 0 Å².